The van der Waals surface area contributed by atoms with Gasteiger partial charge in [-0.25, -0.2) is 0 Å². The average molecular weight is 200 g/mol. The van der Waals surface area contributed by atoms with Crippen LogP contribution in [0.25, 0.3) is 0 Å². The van der Waals surface area contributed by atoms with Crippen LogP contribution < -0.4 is 5.32 Å². The Morgan fingerprint density at radius 2 is 1.93 bits per heavy atom. The molecule has 0 aromatic carbocycles. The van der Waals surface area contributed by atoms with Gasteiger partial charge in [-0.05, 0) is 26.2 Å². The lowest BCUT2D eigenvalue weighted by Crippen LogP contribution is -2.39. The fourth-order valence-electron chi connectivity index (χ4n) is 2.13. The zero-order valence-corrected chi connectivity index (χ0v) is 9.56. The van der Waals surface area contributed by atoms with Crippen LogP contribution in [0.3, 0.4) is 0 Å². The first-order chi connectivity index (χ1) is 6.28. The fraction of sp³-hybridized carbons (Fsp3) is 1.00. The summed E-state index contributed by atoms with van der Waals surface area (Å²) in [7, 11) is 0. The monoisotopic (exact) mass is 200 g/mol. The van der Waals surface area contributed by atoms with Gasteiger partial charge in [-0.3, -0.25) is 4.90 Å². The van der Waals surface area contributed by atoms with Crippen LogP contribution in [0.4, 0.5) is 0 Å². The van der Waals surface area contributed by atoms with Crippen molar-refractivity contribution in [2.75, 3.05) is 13.2 Å². The van der Waals surface area contributed by atoms with Gasteiger partial charge >= 0.3 is 0 Å². The molecule has 0 aromatic heterocycles. The summed E-state index contributed by atoms with van der Waals surface area (Å²) in [5, 5.41) is 3.47. The van der Waals surface area contributed by atoms with Crippen LogP contribution in [0.1, 0.15) is 54.4 Å². The molecule has 2 aliphatic rings. The van der Waals surface area contributed by atoms with Crippen LogP contribution in [0.5, 0.6) is 0 Å². The predicted molar refractivity (Wildman–Crippen MR) is 64.5 cm³/mol. The number of rotatable bonds is 2. The summed E-state index contributed by atoms with van der Waals surface area (Å²) in [5.41, 5.74) is 0.607. The molecule has 2 heteroatoms. The van der Waals surface area contributed by atoms with E-state index >= 15 is 0 Å². The largest absolute Gasteiger partial charge is 0.302 e. The Bertz CT molecular complexity index is 152. The van der Waals surface area contributed by atoms with Crippen LogP contribution in [-0.2, 0) is 0 Å². The maximum absolute atomic E-state index is 3.47. The summed E-state index contributed by atoms with van der Waals surface area (Å²) in [6, 6.07) is 0.771. The Kier molecular flexibility index (Phi) is 5.68. The van der Waals surface area contributed by atoms with Crippen molar-refractivity contribution in [3.63, 3.8) is 0 Å². The van der Waals surface area contributed by atoms with Crippen LogP contribution in [-0.4, -0.2) is 29.7 Å². The van der Waals surface area contributed by atoms with Crippen molar-refractivity contribution < 1.29 is 0 Å². The highest BCUT2D eigenvalue weighted by Crippen LogP contribution is 2.44. The molecule has 86 valence electrons. The number of nitrogens with zero attached hydrogens (tertiary/aromatic N) is 1. The van der Waals surface area contributed by atoms with E-state index in [9.17, 15) is 0 Å². The minimum absolute atomic E-state index is 0. The third-order valence-corrected chi connectivity index (χ3v) is 3.30. The molecule has 1 heterocycles. The van der Waals surface area contributed by atoms with Crippen molar-refractivity contribution in [3.05, 3.63) is 0 Å². The van der Waals surface area contributed by atoms with Gasteiger partial charge in [0, 0.05) is 24.8 Å². The van der Waals surface area contributed by atoms with E-state index in [1.807, 2.05) is 13.8 Å². The highest BCUT2D eigenvalue weighted by atomic mass is 15.4. The molecule has 1 N–H and O–H groups in total. The molecular weight excluding hydrogens is 172 g/mol. The van der Waals surface area contributed by atoms with E-state index in [-0.39, 0.29) is 7.43 Å². The highest BCUT2D eigenvalue weighted by Gasteiger charge is 2.51. The number of nitrogens with one attached hydrogen (secondary N) is 1. The summed E-state index contributed by atoms with van der Waals surface area (Å²) >= 11 is 0. The van der Waals surface area contributed by atoms with Gasteiger partial charge in [0.15, 0.2) is 0 Å². The zero-order valence-electron chi connectivity index (χ0n) is 9.56. The molecule has 1 spiro atoms. The van der Waals surface area contributed by atoms with Crippen LogP contribution in [0, 0.1) is 0 Å². The summed E-state index contributed by atoms with van der Waals surface area (Å²) in [5.74, 6) is 0. The molecule has 1 unspecified atom stereocenters. The van der Waals surface area contributed by atoms with Gasteiger partial charge in [0.1, 0.15) is 0 Å². The molecule has 0 amide bonds. The zero-order chi connectivity index (χ0) is 9.90. The van der Waals surface area contributed by atoms with Gasteiger partial charge in [-0.15, -0.1) is 0 Å². The Balaban J connectivity index is 0.000000531. The average Bonchev–Trinajstić information content (AvgIpc) is 2.81. The molecule has 1 aliphatic heterocycles. The van der Waals surface area contributed by atoms with Crippen LogP contribution >= 0.6 is 0 Å². The first-order valence-corrected chi connectivity index (χ1v) is 5.76. The molecular formula is C12H28N2. The van der Waals surface area contributed by atoms with E-state index in [2.05, 4.69) is 24.1 Å². The highest BCUT2D eigenvalue weighted by molar-refractivity contribution is 5.09. The second-order valence-corrected chi connectivity index (χ2v) is 4.04. The van der Waals surface area contributed by atoms with Gasteiger partial charge in [-0.1, -0.05) is 28.2 Å². The normalized spacial score (nSPS) is 24.9. The Morgan fingerprint density at radius 1 is 1.36 bits per heavy atom. The molecule has 1 saturated carbocycles. The van der Waals surface area contributed by atoms with E-state index in [1.54, 1.807) is 0 Å². The van der Waals surface area contributed by atoms with Crippen molar-refractivity contribution in [2.45, 2.75) is 66.0 Å². The van der Waals surface area contributed by atoms with Crippen molar-refractivity contribution in [1.82, 2.24) is 10.2 Å². The minimum atomic E-state index is 0. The maximum atomic E-state index is 3.47. The molecule has 0 aromatic rings. The molecule has 1 saturated heterocycles. The summed E-state index contributed by atoms with van der Waals surface area (Å²) in [4.78, 5) is 2.65. The Morgan fingerprint density at radius 3 is 2.36 bits per heavy atom. The van der Waals surface area contributed by atoms with Gasteiger partial charge in [-0.2, -0.15) is 0 Å². The van der Waals surface area contributed by atoms with E-state index in [0.29, 0.717) is 5.54 Å². The minimum Gasteiger partial charge on any atom is -0.302 e. The molecule has 0 radical (unpaired) electrons. The topological polar surface area (TPSA) is 15.3 Å². The van der Waals surface area contributed by atoms with Crippen LogP contribution in [0.15, 0.2) is 0 Å². The van der Waals surface area contributed by atoms with Gasteiger partial charge in [0.25, 0.3) is 0 Å². The smallest absolute Gasteiger partial charge is 0.0489 e. The summed E-state index contributed by atoms with van der Waals surface area (Å²) in [6.45, 7) is 11.0. The summed E-state index contributed by atoms with van der Waals surface area (Å²) in [6.07, 6.45) is 4.12. The summed E-state index contributed by atoms with van der Waals surface area (Å²) < 4.78 is 0. The third kappa shape index (κ3) is 2.48. The number of hydrogen-bond acceptors (Lipinski definition) is 2. The first kappa shape index (κ1) is 13.9. The lowest BCUT2D eigenvalue weighted by Gasteiger charge is -2.28. The molecule has 2 nitrogen and oxygen atoms in total. The van der Waals surface area contributed by atoms with Gasteiger partial charge in [0.2, 0.25) is 0 Å². The molecule has 1 atom stereocenters. The van der Waals surface area contributed by atoms with Crippen LogP contribution in [0.2, 0.25) is 0 Å². The quantitative estimate of drug-likeness (QED) is 0.737. The molecule has 2 rings (SSSR count). The second kappa shape index (κ2) is 5.72. The first-order valence-electron chi connectivity index (χ1n) is 5.76. The predicted octanol–water partition coefficient (Wildman–Crippen LogP) is 2.84. The fourth-order valence-corrected chi connectivity index (χ4v) is 2.13. The van der Waals surface area contributed by atoms with Crippen molar-refractivity contribution >= 4 is 0 Å². The van der Waals surface area contributed by atoms with Crippen molar-refractivity contribution in [3.8, 4) is 0 Å². The van der Waals surface area contributed by atoms with E-state index in [0.717, 1.165) is 12.7 Å². The van der Waals surface area contributed by atoms with Gasteiger partial charge < -0.3 is 5.32 Å². The van der Waals surface area contributed by atoms with Crippen molar-refractivity contribution in [1.29, 1.82) is 0 Å². The Hall–Kier alpha value is -0.0800. The van der Waals surface area contributed by atoms with Crippen molar-refractivity contribution in [2.24, 2.45) is 0 Å². The Labute approximate surface area is 90.1 Å². The van der Waals surface area contributed by atoms with E-state index in [4.69, 9.17) is 0 Å². The molecule has 1 aliphatic carbocycles. The molecule has 14 heavy (non-hydrogen) atoms. The molecule has 2 fully saturated rings. The molecule has 0 bridgehead atoms. The third-order valence-electron chi connectivity index (χ3n) is 3.30. The lowest BCUT2D eigenvalue weighted by atomic mass is 10.1. The van der Waals surface area contributed by atoms with Gasteiger partial charge in [0.05, 0.1) is 0 Å². The van der Waals surface area contributed by atoms with E-state index in [1.165, 1.54) is 25.8 Å². The second-order valence-electron chi connectivity index (χ2n) is 4.04. The standard InChI is InChI=1S/C9H18N2.C2H6.CH4/c1-3-8(2)11-7-10-6-9(11)4-5-9;1-2;/h8,10H,3-7H2,1-2H3;1-2H3;1H4. The lowest BCUT2D eigenvalue weighted by molar-refractivity contribution is 0.174. The maximum Gasteiger partial charge on any atom is 0.0489 e. The van der Waals surface area contributed by atoms with E-state index < -0.39 is 0 Å². The number of hydrogen-bond donors (Lipinski definition) is 1. The SMILES string of the molecule is C.CC.CCC(C)N1CNCC12CC2.